The molecule has 0 saturated carbocycles. The number of methoxy groups -OCH3 is 1. The molecule has 0 saturated heterocycles. The SMILES string of the molecule is COc1cccc(NC(SC)C(=O)Cn2c3ccc(Br)cc3c3cc(-n4nnc5ccccc54)ccc32)c1. The molecule has 38 heavy (non-hydrogen) atoms. The molecular weight excluding hydrogens is 562 g/mol. The van der Waals surface area contributed by atoms with Crippen LogP contribution in [0.15, 0.2) is 89.4 Å². The number of anilines is 1. The van der Waals surface area contributed by atoms with Gasteiger partial charge in [0, 0.05) is 38.0 Å². The number of thioether (sulfide) groups is 1. The molecule has 2 heterocycles. The average Bonchev–Trinajstić information content (AvgIpc) is 3.51. The summed E-state index contributed by atoms with van der Waals surface area (Å²) >= 11 is 5.11. The summed E-state index contributed by atoms with van der Waals surface area (Å²) in [5, 5.41) is 13.8. The number of ketones is 1. The molecule has 7 nitrogen and oxygen atoms in total. The predicted molar refractivity (Wildman–Crippen MR) is 158 cm³/mol. The van der Waals surface area contributed by atoms with Gasteiger partial charge in [-0.25, -0.2) is 4.68 Å². The van der Waals surface area contributed by atoms with E-state index in [0.717, 1.165) is 54.4 Å². The summed E-state index contributed by atoms with van der Waals surface area (Å²) in [4.78, 5) is 13.6. The van der Waals surface area contributed by atoms with Gasteiger partial charge in [0.05, 0.1) is 24.9 Å². The van der Waals surface area contributed by atoms with Crippen molar-refractivity contribution < 1.29 is 9.53 Å². The van der Waals surface area contributed by atoms with Gasteiger partial charge in [0.1, 0.15) is 16.6 Å². The van der Waals surface area contributed by atoms with Gasteiger partial charge < -0.3 is 14.6 Å². The highest BCUT2D eigenvalue weighted by Crippen LogP contribution is 2.33. The van der Waals surface area contributed by atoms with Crippen molar-refractivity contribution in [3.8, 4) is 11.4 Å². The van der Waals surface area contributed by atoms with Crippen molar-refractivity contribution in [3.05, 3.63) is 89.4 Å². The van der Waals surface area contributed by atoms with Crippen LogP contribution in [0, 0.1) is 0 Å². The number of rotatable bonds is 8. The fourth-order valence-corrected chi connectivity index (χ4v) is 5.75. The molecule has 9 heteroatoms. The number of nitrogens with zero attached hydrogens (tertiary/aromatic N) is 4. The number of benzene rings is 4. The number of para-hydroxylation sites is 1. The van der Waals surface area contributed by atoms with E-state index in [4.69, 9.17) is 4.74 Å². The van der Waals surface area contributed by atoms with Gasteiger partial charge >= 0.3 is 0 Å². The third-order valence-electron chi connectivity index (χ3n) is 6.62. The molecule has 0 aliphatic rings. The Kier molecular flexibility index (Phi) is 6.55. The zero-order chi connectivity index (χ0) is 26.2. The Morgan fingerprint density at radius 2 is 1.76 bits per heavy atom. The second kappa shape index (κ2) is 10.2. The third-order valence-corrected chi connectivity index (χ3v) is 7.96. The minimum absolute atomic E-state index is 0.0772. The Morgan fingerprint density at radius 3 is 2.58 bits per heavy atom. The molecule has 0 aliphatic heterocycles. The van der Waals surface area contributed by atoms with Crippen molar-refractivity contribution in [1.82, 2.24) is 19.6 Å². The lowest BCUT2D eigenvalue weighted by Gasteiger charge is -2.18. The van der Waals surface area contributed by atoms with Crippen molar-refractivity contribution in [2.75, 3.05) is 18.7 Å². The van der Waals surface area contributed by atoms with Crippen LogP contribution in [0.4, 0.5) is 5.69 Å². The number of ether oxygens (including phenoxy) is 1. The van der Waals surface area contributed by atoms with Crippen LogP contribution in [0.5, 0.6) is 5.75 Å². The Balaban J connectivity index is 1.40. The van der Waals surface area contributed by atoms with Crippen molar-refractivity contribution >= 4 is 72.0 Å². The Morgan fingerprint density at radius 1 is 0.974 bits per heavy atom. The summed E-state index contributed by atoms with van der Waals surface area (Å²) < 4.78 is 10.3. The number of Topliss-reactive ketones (excluding diaryl/α,β-unsaturated/α-hetero) is 1. The molecule has 190 valence electrons. The number of hydrogen-bond acceptors (Lipinski definition) is 6. The summed E-state index contributed by atoms with van der Waals surface area (Å²) in [5.74, 6) is 0.819. The lowest BCUT2D eigenvalue weighted by atomic mass is 10.1. The summed E-state index contributed by atoms with van der Waals surface area (Å²) in [6.45, 7) is 0.232. The molecule has 0 amide bonds. The van der Waals surface area contributed by atoms with Crippen LogP contribution in [0.25, 0.3) is 38.5 Å². The fourth-order valence-electron chi connectivity index (χ4n) is 4.80. The Labute approximate surface area is 231 Å². The number of carbonyl (C=O) groups is 1. The van der Waals surface area contributed by atoms with Gasteiger partial charge in [0.2, 0.25) is 0 Å². The van der Waals surface area contributed by atoms with Crippen molar-refractivity contribution in [3.63, 3.8) is 0 Å². The van der Waals surface area contributed by atoms with E-state index in [0.29, 0.717) is 0 Å². The molecule has 1 atom stereocenters. The van der Waals surface area contributed by atoms with E-state index >= 15 is 0 Å². The topological polar surface area (TPSA) is 74.0 Å². The standard InChI is InChI=1S/C29H24BrN5O2S/c1-37-21-7-5-6-19(15-21)31-29(38-2)28(36)17-34-25-12-10-18(30)14-22(25)23-16-20(11-13-26(23)34)35-27-9-4-3-8-24(27)32-33-35/h3-16,29,31H,17H2,1-2H3. The molecule has 1 unspecified atom stereocenters. The van der Waals surface area contributed by atoms with Crippen LogP contribution in [-0.4, -0.2) is 44.1 Å². The Hall–Kier alpha value is -3.82. The maximum Gasteiger partial charge on any atom is 0.184 e. The van der Waals surface area contributed by atoms with Crippen molar-refractivity contribution in [1.29, 1.82) is 0 Å². The maximum absolute atomic E-state index is 13.6. The highest BCUT2D eigenvalue weighted by atomic mass is 79.9. The molecule has 4 aromatic carbocycles. The minimum Gasteiger partial charge on any atom is -0.497 e. The van der Waals surface area contributed by atoms with E-state index in [1.54, 1.807) is 7.11 Å². The average molecular weight is 587 g/mol. The first-order chi connectivity index (χ1) is 18.6. The molecule has 0 spiro atoms. The molecule has 1 N–H and O–H groups in total. The van der Waals surface area contributed by atoms with E-state index in [1.165, 1.54) is 11.8 Å². The summed E-state index contributed by atoms with van der Waals surface area (Å²) in [7, 11) is 1.63. The van der Waals surface area contributed by atoms with Gasteiger partial charge in [0.25, 0.3) is 0 Å². The van der Waals surface area contributed by atoms with Crippen molar-refractivity contribution in [2.45, 2.75) is 11.9 Å². The highest BCUT2D eigenvalue weighted by molar-refractivity contribution is 9.10. The van der Waals surface area contributed by atoms with Crippen LogP contribution in [0.2, 0.25) is 0 Å². The van der Waals surface area contributed by atoms with Gasteiger partial charge in [0.15, 0.2) is 5.78 Å². The number of nitrogens with one attached hydrogen (secondary N) is 1. The molecule has 0 aliphatic carbocycles. The summed E-state index contributed by atoms with van der Waals surface area (Å²) in [6.07, 6.45) is 1.94. The Bertz CT molecular complexity index is 1810. The summed E-state index contributed by atoms with van der Waals surface area (Å²) in [5.41, 5.74) is 5.53. The zero-order valence-corrected chi connectivity index (χ0v) is 23.2. The van der Waals surface area contributed by atoms with Crippen LogP contribution in [0.3, 0.4) is 0 Å². The third kappa shape index (κ3) is 4.41. The van der Waals surface area contributed by atoms with Crippen LogP contribution in [0.1, 0.15) is 0 Å². The molecular formula is C29H24BrN5O2S. The molecule has 2 aromatic heterocycles. The first-order valence-corrected chi connectivity index (χ1v) is 14.1. The summed E-state index contributed by atoms with van der Waals surface area (Å²) in [6, 6.07) is 27.9. The first kappa shape index (κ1) is 24.5. The minimum atomic E-state index is -0.411. The van der Waals surface area contributed by atoms with E-state index in [2.05, 4.69) is 60.4 Å². The maximum atomic E-state index is 13.6. The van der Waals surface area contributed by atoms with Crippen LogP contribution >= 0.6 is 27.7 Å². The molecule has 6 aromatic rings. The van der Waals surface area contributed by atoms with Gasteiger partial charge in [-0.15, -0.1) is 16.9 Å². The van der Waals surface area contributed by atoms with E-state index in [9.17, 15) is 4.79 Å². The van der Waals surface area contributed by atoms with Crippen LogP contribution < -0.4 is 10.1 Å². The molecule has 6 rings (SSSR count). The monoisotopic (exact) mass is 585 g/mol. The number of fused-ring (bicyclic) bond motifs is 4. The zero-order valence-electron chi connectivity index (χ0n) is 20.8. The molecule has 0 fully saturated rings. The van der Waals surface area contributed by atoms with E-state index < -0.39 is 5.37 Å². The fraction of sp³-hybridized carbons (Fsp3) is 0.138. The molecule has 0 radical (unpaired) electrons. The number of carbonyl (C=O) groups excluding carboxylic acids is 1. The van der Waals surface area contributed by atoms with E-state index in [-0.39, 0.29) is 12.3 Å². The number of halogens is 1. The van der Waals surface area contributed by atoms with Gasteiger partial charge in [-0.1, -0.05) is 39.3 Å². The van der Waals surface area contributed by atoms with Gasteiger partial charge in [-0.2, -0.15) is 0 Å². The van der Waals surface area contributed by atoms with E-state index in [1.807, 2.05) is 71.6 Å². The first-order valence-electron chi connectivity index (χ1n) is 12.0. The van der Waals surface area contributed by atoms with Gasteiger partial charge in [-0.3, -0.25) is 4.79 Å². The predicted octanol–water partition coefficient (Wildman–Crippen LogP) is 6.67. The lowest BCUT2D eigenvalue weighted by molar-refractivity contribution is -0.118. The smallest absolute Gasteiger partial charge is 0.184 e. The second-order valence-corrected chi connectivity index (χ2v) is 10.8. The van der Waals surface area contributed by atoms with Crippen molar-refractivity contribution in [2.24, 2.45) is 0 Å². The quantitative estimate of drug-likeness (QED) is 0.201. The van der Waals surface area contributed by atoms with Gasteiger partial charge in [-0.05, 0) is 66.9 Å². The largest absolute Gasteiger partial charge is 0.497 e. The second-order valence-electron chi connectivity index (χ2n) is 8.90. The van der Waals surface area contributed by atoms with Crippen LogP contribution in [-0.2, 0) is 11.3 Å². The normalized spacial score (nSPS) is 12.3. The lowest BCUT2D eigenvalue weighted by Crippen LogP contribution is -2.29. The number of aromatic nitrogens is 4. The molecule has 0 bridgehead atoms. The number of hydrogen-bond donors (Lipinski definition) is 1. The highest BCUT2D eigenvalue weighted by Gasteiger charge is 2.21.